The van der Waals surface area contributed by atoms with Crippen molar-refractivity contribution in [3.8, 4) is 0 Å². The number of rotatable bonds is 3. The average Bonchev–Trinajstić information content (AvgIpc) is 2.59. The van der Waals surface area contributed by atoms with E-state index in [2.05, 4.69) is 15.4 Å². The van der Waals surface area contributed by atoms with E-state index in [-0.39, 0.29) is 0 Å². The maximum Gasteiger partial charge on any atom is 0.126 e. The third-order valence-corrected chi connectivity index (χ3v) is 2.55. The monoisotopic (exact) mass is 217 g/mol. The Hall–Kier alpha value is -2.04. The van der Waals surface area contributed by atoms with Crippen LogP contribution in [0.4, 0.5) is 11.5 Å². The highest BCUT2D eigenvalue weighted by molar-refractivity contribution is 5.50. The first kappa shape index (κ1) is 10.5. The van der Waals surface area contributed by atoms with Gasteiger partial charge in [-0.25, -0.2) is 0 Å². The van der Waals surface area contributed by atoms with Gasteiger partial charge in [0.1, 0.15) is 5.82 Å². The molecule has 0 aliphatic heterocycles. The van der Waals surface area contributed by atoms with Crippen molar-refractivity contribution >= 4 is 11.5 Å². The predicted molar refractivity (Wildman–Crippen MR) is 63.9 cm³/mol. The number of pyridine rings is 1. The smallest absolute Gasteiger partial charge is 0.126 e. The molecule has 84 valence electrons. The van der Waals surface area contributed by atoms with Crippen LogP contribution in [0.15, 0.2) is 24.7 Å². The number of hydrogen-bond donors (Lipinski definition) is 2. The minimum Gasteiger partial charge on any atom is -0.384 e. The molecule has 0 bridgehead atoms. The van der Waals surface area contributed by atoms with Crippen LogP contribution in [0.1, 0.15) is 11.1 Å². The second kappa shape index (κ2) is 4.22. The van der Waals surface area contributed by atoms with Gasteiger partial charge in [0.15, 0.2) is 0 Å². The minimum absolute atomic E-state index is 0.671. The van der Waals surface area contributed by atoms with Crippen molar-refractivity contribution in [1.82, 2.24) is 14.8 Å². The number of nitrogen functional groups attached to an aromatic ring is 1. The van der Waals surface area contributed by atoms with Crippen LogP contribution >= 0.6 is 0 Å². The molecule has 16 heavy (non-hydrogen) atoms. The Morgan fingerprint density at radius 1 is 1.44 bits per heavy atom. The van der Waals surface area contributed by atoms with Crippen LogP contribution in [-0.2, 0) is 13.6 Å². The Labute approximate surface area is 94.3 Å². The summed E-state index contributed by atoms with van der Waals surface area (Å²) in [5, 5.41) is 7.40. The Morgan fingerprint density at radius 2 is 2.25 bits per heavy atom. The number of nitrogens with zero attached hydrogens (tertiary/aromatic N) is 3. The normalized spacial score (nSPS) is 10.4. The molecule has 2 rings (SSSR count). The number of nitrogens with one attached hydrogen (secondary N) is 1. The fraction of sp³-hybridized carbons (Fsp3) is 0.273. The van der Waals surface area contributed by atoms with Crippen molar-refractivity contribution in [2.75, 3.05) is 11.1 Å². The lowest BCUT2D eigenvalue weighted by molar-refractivity contribution is 0.778. The molecular weight excluding hydrogens is 202 g/mol. The van der Waals surface area contributed by atoms with Gasteiger partial charge < -0.3 is 11.1 Å². The van der Waals surface area contributed by atoms with Crippen LogP contribution < -0.4 is 11.1 Å². The fourth-order valence-corrected chi connectivity index (χ4v) is 1.49. The molecule has 0 amide bonds. The summed E-state index contributed by atoms with van der Waals surface area (Å²) in [6.45, 7) is 2.69. The van der Waals surface area contributed by atoms with Crippen molar-refractivity contribution in [3.05, 3.63) is 35.8 Å². The number of aromatic nitrogens is 3. The highest BCUT2D eigenvalue weighted by Gasteiger charge is 2.04. The molecule has 0 aromatic carbocycles. The van der Waals surface area contributed by atoms with E-state index in [0.717, 1.165) is 16.8 Å². The molecule has 0 unspecified atom stereocenters. The minimum atomic E-state index is 0.671. The van der Waals surface area contributed by atoms with Crippen molar-refractivity contribution in [2.45, 2.75) is 13.5 Å². The van der Waals surface area contributed by atoms with Crippen molar-refractivity contribution < 1.29 is 0 Å². The lowest BCUT2D eigenvalue weighted by atomic mass is 10.2. The molecular formula is C11H15N5. The van der Waals surface area contributed by atoms with Crippen LogP contribution in [0.5, 0.6) is 0 Å². The molecule has 0 saturated heterocycles. The van der Waals surface area contributed by atoms with Gasteiger partial charge in [-0.15, -0.1) is 0 Å². The Bertz CT molecular complexity index is 489. The van der Waals surface area contributed by atoms with E-state index in [4.69, 9.17) is 5.73 Å². The highest BCUT2D eigenvalue weighted by atomic mass is 15.3. The third-order valence-electron chi connectivity index (χ3n) is 2.55. The number of hydrogen-bond acceptors (Lipinski definition) is 4. The van der Waals surface area contributed by atoms with Gasteiger partial charge in [-0.05, 0) is 18.6 Å². The molecule has 0 fully saturated rings. The van der Waals surface area contributed by atoms with Gasteiger partial charge in [-0.3, -0.25) is 9.67 Å². The summed E-state index contributed by atoms with van der Waals surface area (Å²) < 4.78 is 1.66. The molecule has 3 N–H and O–H groups in total. The molecule has 0 aliphatic rings. The molecule has 5 heteroatoms. The van der Waals surface area contributed by atoms with Crippen molar-refractivity contribution in [2.24, 2.45) is 7.05 Å². The summed E-state index contributed by atoms with van der Waals surface area (Å²) >= 11 is 0. The van der Waals surface area contributed by atoms with Gasteiger partial charge in [-0.1, -0.05) is 0 Å². The quantitative estimate of drug-likeness (QED) is 0.813. The van der Waals surface area contributed by atoms with Gasteiger partial charge in [0, 0.05) is 37.2 Å². The molecule has 0 atom stereocenters. The van der Waals surface area contributed by atoms with Gasteiger partial charge in [0.25, 0.3) is 0 Å². The summed E-state index contributed by atoms with van der Waals surface area (Å²) in [6, 6.07) is 1.95. The lowest BCUT2D eigenvalue weighted by Crippen LogP contribution is -2.04. The van der Waals surface area contributed by atoms with Crippen LogP contribution in [-0.4, -0.2) is 14.8 Å². The molecule has 0 spiro atoms. The zero-order valence-corrected chi connectivity index (χ0v) is 9.44. The largest absolute Gasteiger partial charge is 0.384 e. The second-order valence-electron chi connectivity index (χ2n) is 3.72. The summed E-state index contributed by atoms with van der Waals surface area (Å²) in [4.78, 5) is 4.04. The van der Waals surface area contributed by atoms with Gasteiger partial charge in [0.05, 0.1) is 6.20 Å². The molecule has 2 aromatic rings. The summed E-state index contributed by atoms with van der Waals surface area (Å²) in [7, 11) is 1.83. The zero-order chi connectivity index (χ0) is 11.5. The van der Waals surface area contributed by atoms with Gasteiger partial charge in [0.2, 0.25) is 0 Å². The van der Waals surface area contributed by atoms with E-state index in [0.29, 0.717) is 12.4 Å². The van der Waals surface area contributed by atoms with Crippen molar-refractivity contribution in [1.29, 1.82) is 0 Å². The molecule has 2 aromatic heterocycles. The first-order valence-electron chi connectivity index (χ1n) is 5.09. The number of nitrogens with two attached hydrogens (primary N) is 1. The highest BCUT2D eigenvalue weighted by Crippen LogP contribution is 2.15. The van der Waals surface area contributed by atoms with E-state index < -0.39 is 0 Å². The van der Waals surface area contributed by atoms with Crippen molar-refractivity contribution in [3.63, 3.8) is 0 Å². The molecule has 0 aliphatic carbocycles. The average molecular weight is 217 g/mol. The first-order valence-corrected chi connectivity index (χ1v) is 5.09. The summed E-state index contributed by atoms with van der Waals surface area (Å²) in [5.41, 5.74) is 9.04. The van der Waals surface area contributed by atoms with Crippen LogP contribution in [0.3, 0.4) is 0 Å². The predicted octanol–water partition coefficient (Wildman–Crippen LogP) is 1.32. The van der Waals surface area contributed by atoms with E-state index in [1.54, 1.807) is 17.1 Å². The zero-order valence-electron chi connectivity index (χ0n) is 9.44. The Kier molecular flexibility index (Phi) is 2.76. The van der Waals surface area contributed by atoms with E-state index in [9.17, 15) is 0 Å². The summed E-state index contributed by atoms with van der Waals surface area (Å²) in [6.07, 6.45) is 5.37. The Balaban J connectivity index is 2.08. The molecule has 2 heterocycles. The van der Waals surface area contributed by atoms with Crippen LogP contribution in [0.25, 0.3) is 0 Å². The van der Waals surface area contributed by atoms with Crippen LogP contribution in [0.2, 0.25) is 0 Å². The van der Waals surface area contributed by atoms with Crippen LogP contribution in [0, 0.1) is 6.92 Å². The van der Waals surface area contributed by atoms with E-state index >= 15 is 0 Å². The van der Waals surface area contributed by atoms with Gasteiger partial charge in [-0.2, -0.15) is 5.10 Å². The van der Waals surface area contributed by atoms with E-state index in [1.165, 1.54) is 0 Å². The third kappa shape index (κ3) is 1.98. The number of aryl methyl sites for hydroxylation is 2. The Morgan fingerprint density at radius 3 is 2.88 bits per heavy atom. The maximum atomic E-state index is 5.85. The molecule has 0 saturated carbocycles. The SMILES string of the molecule is Cc1cnccc1NCc1cnn(C)c1N. The van der Waals surface area contributed by atoms with Gasteiger partial charge >= 0.3 is 0 Å². The molecule has 0 radical (unpaired) electrons. The lowest BCUT2D eigenvalue weighted by Gasteiger charge is -2.08. The topological polar surface area (TPSA) is 68.8 Å². The first-order chi connectivity index (χ1) is 7.68. The standard InChI is InChI=1S/C11H15N5/c1-8-5-13-4-3-10(8)14-6-9-7-15-16(2)11(9)12/h3-5,7H,6,12H2,1-2H3,(H,13,14). The maximum absolute atomic E-state index is 5.85. The summed E-state index contributed by atoms with van der Waals surface area (Å²) in [5.74, 6) is 0.694. The second-order valence-corrected chi connectivity index (χ2v) is 3.72. The number of anilines is 2. The molecule has 5 nitrogen and oxygen atoms in total. The fourth-order valence-electron chi connectivity index (χ4n) is 1.49. The van der Waals surface area contributed by atoms with E-state index in [1.807, 2.05) is 26.2 Å².